The van der Waals surface area contributed by atoms with Crippen molar-refractivity contribution in [3.63, 3.8) is 0 Å². The quantitative estimate of drug-likeness (QED) is 0.569. The average Bonchev–Trinajstić information content (AvgIpc) is 2.27. The van der Waals surface area contributed by atoms with Gasteiger partial charge in [-0.1, -0.05) is 27.7 Å². The minimum absolute atomic E-state index is 0.895. The van der Waals surface area contributed by atoms with Crippen molar-refractivity contribution in [2.24, 2.45) is 0 Å². The molecule has 0 amide bonds. The van der Waals surface area contributed by atoms with Crippen molar-refractivity contribution < 1.29 is 0 Å². The minimum Gasteiger partial charge on any atom is -0.315 e. The molecule has 0 aliphatic heterocycles. The van der Waals surface area contributed by atoms with E-state index in [1.165, 1.54) is 38.8 Å². The Morgan fingerprint density at radius 2 is 1.12 bits per heavy atom. The summed E-state index contributed by atoms with van der Waals surface area (Å²) >= 11 is 0. The van der Waals surface area contributed by atoms with Crippen LogP contribution in [-0.4, -0.2) is 70.0 Å². The van der Waals surface area contributed by atoms with E-state index in [2.05, 4.69) is 55.8 Å². The fourth-order valence-electron chi connectivity index (χ4n) is 2.26. The van der Waals surface area contributed by atoms with Gasteiger partial charge in [-0.3, -0.25) is 0 Å². The molecule has 0 unspecified atom stereocenters. The standard InChI is InChI=1S/C12H31N3Si/c1-7-14(8-2)16(12-11-13(5)6)15(9-3)10-4/h16H,7-12H2,1-6H3. The van der Waals surface area contributed by atoms with Gasteiger partial charge in [0.15, 0.2) is 9.12 Å². The summed E-state index contributed by atoms with van der Waals surface area (Å²) in [7, 11) is 3.46. The van der Waals surface area contributed by atoms with Crippen molar-refractivity contribution in [1.29, 1.82) is 0 Å². The molecule has 98 valence electrons. The fraction of sp³-hybridized carbons (Fsp3) is 1.00. The molecule has 0 saturated carbocycles. The van der Waals surface area contributed by atoms with Gasteiger partial charge in [0.1, 0.15) is 0 Å². The van der Waals surface area contributed by atoms with Gasteiger partial charge in [-0.25, -0.2) is 0 Å². The van der Waals surface area contributed by atoms with Crippen molar-refractivity contribution in [2.45, 2.75) is 33.7 Å². The van der Waals surface area contributed by atoms with Crippen LogP contribution in [0.1, 0.15) is 27.7 Å². The van der Waals surface area contributed by atoms with E-state index in [4.69, 9.17) is 0 Å². The van der Waals surface area contributed by atoms with Gasteiger partial charge < -0.3 is 14.0 Å². The van der Waals surface area contributed by atoms with Crippen LogP contribution in [-0.2, 0) is 0 Å². The van der Waals surface area contributed by atoms with Crippen LogP contribution in [0.25, 0.3) is 0 Å². The highest BCUT2D eigenvalue weighted by atomic mass is 28.3. The molecular formula is C12H31N3Si. The highest BCUT2D eigenvalue weighted by Gasteiger charge is 2.23. The third-order valence-corrected chi connectivity index (χ3v) is 7.22. The maximum Gasteiger partial charge on any atom is 0.191 e. The second-order valence-corrected chi connectivity index (χ2v) is 7.51. The normalized spacial score (nSPS) is 12.4. The van der Waals surface area contributed by atoms with Gasteiger partial charge in [-0.2, -0.15) is 0 Å². The summed E-state index contributed by atoms with van der Waals surface area (Å²) in [5, 5.41) is 0. The van der Waals surface area contributed by atoms with Crippen LogP contribution in [0.2, 0.25) is 6.04 Å². The first-order valence-electron chi connectivity index (χ1n) is 6.73. The zero-order valence-electron chi connectivity index (χ0n) is 12.2. The van der Waals surface area contributed by atoms with Crippen molar-refractivity contribution in [3.8, 4) is 0 Å². The lowest BCUT2D eigenvalue weighted by molar-refractivity contribution is 0.360. The average molecular weight is 245 g/mol. The predicted molar refractivity (Wildman–Crippen MR) is 76.4 cm³/mol. The lowest BCUT2D eigenvalue weighted by Crippen LogP contribution is -2.53. The first-order chi connectivity index (χ1) is 7.60. The van der Waals surface area contributed by atoms with E-state index in [-0.39, 0.29) is 0 Å². The van der Waals surface area contributed by atoms with Crippen LogP contribution < -0.4 is 0 Å². The van der Waals surface area contributed by atoms with Crippen LogP contribution in [0, 0.1) is 0 Å². The Morgan fingerprint density at radius 1 is 0.750 bits per heavy atom. The molecule has 0 aromatic heterocycles. The summed E-state index contributed by atoms with van der Waals surface area (Å²) in [5.41, 5.74) is 0. The monoisotopic (exact) mass is 245 g/mol. The molecule has 0 N–H and O–H groups in total. The highest BCUT2D eigenvalue weighted by Crippen LogP contribution is 2.07. The molecule has 0 aliphatic carbocycles. The molecule has 0 heterocycles. The van der Waals surface area contributed by atoms with Crippen LogP contribution in [0.4, 0.5) is 0 Å². The second-order valence-electron chi connectivity index (χ2n) is 4.51. The third kappa shape index (κ3) is 5.43. The molecular weight excluding hydrogens is 214 g/mol. The van der Waals surface area contributed by atoms with Gasteiger partial charge in [-0.05, 0) is 52.9 Å². The molecule has 16 heavy (non-hydrogen) atoms. The maximum absolute atomic E-state index is 2.70. The van der Waals surface area contributed by atoms with E-state index in [0.717, 1.165) is 0 Å². The van der Waals surface area contributed by atoms with Gasteiger partial charge in [0, 0.05) is 0 Å². The summed E-state index contributed by atoms with van der Waals surface area (Å²) in [6, 6.07) is 1.37. The lowest BCUT2D eigenvalue weighted by Gasteiger charge is -2.37. The summed E-state index contributed by atoms with van der Waals surface area (Å²) in [5.74, 6) is 0. The molecule has 0 aliphatic rings. The molecule has 0 spiro atoms. The minimum atomic E-state index is -0.895. The molecule has 0 fully saturated rings. The van der Waals surface area contributed by atoms with Crippen LogP contribution in [0.5, 0.6) is 0 Å². The van der Waals surface area contributed by atoms with Crippen LogP contribution in [0.3, 0.4) is 0 Å². The topological polar surface area (TPSA) is 9.72 Å². The van der Waals surface area contributed by atoms with Gasteiger partial charge in [0.05, 0.1) is 0 Å². The molecule has 0 bridgehead atoms. The SMILES string of the molecule is CCN(CC)[SiH](CCN(C)C)N(CC)CC. The number of hydrogen-bond acceptors (Lipinski definition) is 3. The Hall–Kier alpha value is 0.0969. The van der Waals surface area contributed by atoms with E-state index in [1.54, 1.807) is 0 Å². The van der Waals surface area contributed by atoms with E-state index in [1.807, 2.05) is 0 Å². The molecule has 0 aromatic carbocycles. The van der Waals surface area contributed by atoms with Crippen molar-refractivity contribution in [1.82, 2.24) is 14.0 Å². The third-order valence-electron chi connectivity index (χ3n) is 3.30. The summed E-state index contributed by atoms with van der Waals surface area (Å²) in [6.45, 7) is 15.2. The number of nitrogens with zero attached hydrogens (tertiary/aromatic N) is 3. The highest BCUT2D eigenvalue weighted by molar-refractivity contribution is 6.52. The molecule has 0 radical (unpaired) electrons. The maximum atomic E-state index is 2.70. The number of hydrogen-bond donors (Lipinski definition) is 0. The van der Waals surface area contributed by atoms with Crippen LogP contribution in [0.15, 0.2) is 0 Å². The summed E-state index contributed by atoms with van der Waals surface area (Å²) in [6.07, 6.45) is 0. The first kappa shape index (κ1) is 16.1. The molecule has 0 saturated heterocycles. The lowest BCUT2D eigenvalue weighted by atomic mass is 10.6. The van der Waals surface area contributed by atoms with Crippen LogP contribution >= 0.6 is 0 Å². The molecule has 4 heteroatoms. The number of rotatable bonds is 9. The summed E-state index contributed by atoms with van der Waals surface area (Å²) in [4.78, 5) is 2.31. The zero-order valence-corrected chi connectivity index (χ0v) is 13.3. The molecule has 3 nitrogen and oxygen atoms in total. The second kappa shape index (κ2) is 9.16. The summed E-state index contributed by atoms with van der Waals surface area (Å²) < 4.78 is 5.41. The molecule has 0 rings (SSSR count). The van der Waals surface area contributed by atoms with E-state index < -0.39 is 9.12 Å². The van der Waals surface area contributed by atoms with Crippen molar-refractivity contribution in [3.05, 3.63) is 0 Å². The van der Waals surface area contributed by atoms with Gasteiger partial charge >= 0.3 is 0 Å². The fourth-order valence-corrected chi connectivity index (χ4v) is 5.89. The smallest absolute Gasteiger partial charge is 0.191 e. The Kier molecular flexibility index (Phi) is 9.22. The van der Waals surface area contributed by atoms with Gasteiger partial charge in [-0.15, -0.1) is 0 Å². The van der Waals surface area contributed by atoms with Crippen molar-refractivity contribution in [2.75, 3.05) is 46.8 Å². The van der Waals surface area contributed by atoms with E-state index in [9.17, 15) is 0 Å². The Balaban J connectivity index is 4.46. The Labute approximate surface area is 104 Å². The zero-order chi connectivity index (χ0) is 12.6. The first-order valence-corrected chi connectivity index (χ1v) is 8.58. The predicted octanol–water partition coefficient (Wildman–Crippen LogP) is 1.45. The van der Waals surface area contributed by atoms with Gasteiger partial charge in [0.25, 0.3) is 0 Å². The van der Waals surface area contributed by atoms with E-state index >= 15 is 0 Å². The Bertz CT molecular complexity index is 144. The molecule has 0 atom stereocenters. The van der Waals surface area contributed by atoms with Gasteiger partial charge in [0.2, 0.25) is 0 Å². The largest absolute Gasteiger partial charge is 0.315 e. The van der Waals surface area contributed by atoms with Crippen molar-refractivity contribution >= 4 is 9.12 Å². The Morgan fingerprint density at radius 3 is 1.38 bits per heavy atom. The van der Waals surface area contributed by atoms with E-state index in [0.29, 0.717) is 0 Å². The molecule has 0 aromatic rings.